The Morgan fingerprint density at radius 2 is 1.90 bits per heavy atom. The van der Waals surface area contributed by atoms with Crippen molar-refractivity contribution >= 4 is 23.5 Å². The SMILES string of the molecule is Cc1cc(Cl)nc(NC(=O)c2ccccc2C(F)(F)F)n1. The van der Waals surface area contributed by atoms with Crippen molar-refractivity contribution in [3.63, 3.8) is 0 Å². The third-order valence-electron chi connectivity index (χ3n) is 2.53. The normalized spacial score (nSPS) is 11.3. The molecule has 0 fully saturated rings. The molecule has 110 valence electrons. The van der Waals surface area contributed by atoms with Crippen LogP contribution in [0.4, 0.5) is 19.1 Å². The molecule has 0 saturated carbocycles. The molecule has 0 aliphatic heterocycles. The molecule has 2 aromatic rings. The summed E-state index contributed by atoms with van der Waals surface area (Å²) in [5.41, 5.74) is -1.05. The minimum atomic E-state index is -4.63. The number of amides is 1. The first-order valence-electron chi connectivity index (χ1n) is 5.76. The number of benzene rings is 1. The van der Waals surface area contributed by atoms with Crippen LogP contribution < -0.4 is 5.32 Å². The lowest BCUT2D eigenvalue weighted by Gasteiger charge is -2.12. The zero-order valence-corrected chi connectivity index (χ0v) is 11.5. The molecule has 1 heterocycles. The van der Waals surface area contributed by atoms with Gasteiger partial charge in [-0.3, -0.25) is 10.1 Å². The van der Waals surface area contributed by atoms with Crippen LogP contribution in [-0.2, 0) is 6.18 Å². The van der Waals surface area contributed by atoms with Gasteiger partial charge in [0.15, 0.2) is 0 Å². The van der Waals surface area contributed by atoms with Crippen LogP contribution in [0.2, 0.25) is 5.15 Å². The zero-order valence-electron chi connectivity index (χ0n) is 10.7. The molecule has 1 aromatic heterocycles. The summed E-state index contributed by atoms with van der Waals surface area (Å²) < 4.78 is 38.5. The van der Waals surface area contributed by atoms with Crippen LogP contribution in [0, 0.1) is 6.92 Å². The molecule has 0 aliphatic carbocycles. The van der Waals surface area contributed by atoms with Crippen molar-refractivity contribution in [1.82, 2.24) is 9.97 Å². The summed E-state index contributed by atoms with van der Waals surface area (Å²) >= 11 is 5.70. The number of aromatic nitrogens is 2. The third-order valence-corrected chi connectivity index (χ3v) is 2.72. The predicted molar refractivity (Wildman–Crippen MR) is 71.2 cm³/mol. The Bertz CT molecular complexity index is 668. The van der Waals surface area contributed by atoms with E-state index in [1.54, 1.807) is 6.92 Å². The van der Waals surface area contributed by atoms with E-state index in [1.165, 1.54) is 18.2 Å². The smallest absolute Gasteiger partial charge is 0.290 e. The number of nitrogens with one attached hydrogen (secondary N) is 1. The lowest BCUT2D eigenvalue weighted by Crippen LogP contribution is -2.19. The minimum absolute atomic E-state index is 0.0851. The maximum absolute atomic E-state index is 12.8. The van der Waals surface area contributed by atoms with E-state index >= 15 is 0 Å². The Hall–Kier alpha value is -2.15. The molecule has 0 radical (unpaired) electrons. The highest BCUT2D eigenvalue weighted by Crippen LogP contribution is 2.32. The van der Waals surface area contributed by atoms with E-state index in [2.05, 4.69) is 15.3 Å². The number of carbonyl (C=O) groups excluding carboxylic acids is 1. The quantitative estimate of drug-likeness (QED) is 0.860. The molecule has 4 nitrogen and oxygen atoms in total. The Balaban J connectivity index is 2.33. The zero-order chi connectivity index (χ0) is 15.6. The maximum atomic E-state index is 12.8. The summed E-state index contributed by atoms with van der Waals surface area (Å²) in [6, 6.07) is 5.92. The van der Waals surface area contributed by atoms with Crippen molar-refractivity contribution in [3.8, 4) is 0 Å². The van der Waals surface area contributed by atoms with Gasteiger partial charge in [0.2, 0.25) is 5.95 Å². The van der Waals surface area contributed by atoms with E-state index in [0.717, 1.165) is 12.1 Å². The van der Waals surface area contributed by atoms with E-state index in [9.17, 15) is 18.0 Å². The molecule has 0 bridgehead atoms. The predicted octanol–water partition coefficient (Wildman–Crippen LogP) is 3.71. The van der Waals surface area contributed by atoms with E-state index < -0.39 is 23.2 Å². The van der Waals surface area contributed by atoms with E-state index in [0.29, 0.717) is 5.69 Å². The third kappa shape index (κ3) is 3.69. The van der Waals surface area contributed by atoms with Gasteiger partial charge in [0.25, 0.3) is 5.91 Å². The second-order valence-corrected chi connectivity index (χ2v) is 4.54. The molecule has 0 atom stereocenters. The largest absolute Gasteiger partial charge is 0.417 e. The van der Waals surface area contributed by atoms with Gasteiger partial charge in [0, 0.05) is 5.69 Å². The van der Waals surface area contributed by atoms with Gasteiger partial charge in [0.1, 0.15) is 5.15 Å². The fourth-order valence-electron chi connectivity index (χ4n) is 1.68. The number of halogens is 4. The molecular weight excluding hydrogens is 307 g/mol. The molecular formula is C13H9ClF3N3O. The summed E-state index contributed by atoms with van der Waals surface area (Å²) in [5, 5.41) is 2.29. The van der Waals surface area contributed by atoms with Gasteiger partial charge in [0.05, 0.1) is 11.1 Å². The number of hydrogen-bond acceptors (Lipinski definition) is 3. The fourth-order valence-corrected chi connectivity index (χ4v) is 1.92. The summed E-state index contributed by atoms with van der Waals surface area (Å²) in [6.45, 7) is 1.62. The molecule has 0 unspecified atom stereocenters. The second kappa shape index (κ2) is 5.69. The lowest BCUT2D eigenvalue weighted by molar-refractivity contribution is -0.137. The van der Waals surface area contributed by atoms with Crippen molar-refractivity contribution in [2.45, 2.75) is 13.1 Å². The summed E-state index contributed by atoms with van der Waals surface area (Å²) in [7, 11) is 0. The minimum Gasteiger partial charge on any atom is -0.290 e. The van der Waals surface area contributed by atoms with Gasteiger partial charge in [-0.05, 0) is 25.1 Å². The first kappa shape index (κ1) is 15.2. The summed E-state index contributed by atoms with van der Waals surface area (Å²) in [5.74, 6) is -1.11. The van der Waals surface area contributed by atoms with Crippen LogP contribution in [0.25, 0.3) is 0 Å². The molecule has 0 spiro atoms. The highest BCUT2D eigenvalue weighted by atomic mass is 35.5. The fraction of sp³-hybridized carbons (Fsp3) is 0.154. The molecule has 0 aliphatic rings. The van der Waals surface area contributed by atoms with E-state index in [4.69, 9.17) is 11.6 Å². The number of hydrogen-bond donors (Lipinski definition) is 1. The average molecular weight is 316 g/mol. The van der Waals surface area contributed by atoms with Crippen molar-refractivity contribution in [3.05, 3.63) is 52.3 Å². The number of alkyl halides is 3. The Morgan fingerprint density at radius 1 is 1.24 bits per heavy atom. The van der Waals surface area contributed by atoms with Crippen molar-refractivity contribution in [2.24, 2.45) is 0 Å². The number of rotatable bonds is 2. The molecule has 1 aromatic carbocycles. The van der Waals surface area contributed by atoms with Crippen LogP contribution in [0.5, 0.6) is 0 Å². The summed E-state index contributed by atoms with van der Waals surface area (Å²) in [6.07, 6.45) is -4.63. The highest BCUT2D eigenvalue weighted by Gasteiger charge is 2.34. The van der Waals surface area contributed by atoms with Gasteiger partial charge in [-0.25, -0.2) is 9.97 Å². The van der Waals surface area contributed by atoms with E-state index in [-0.39, 0.29) is 11.1 Å². The molecule has 1 N–H and O–H groups in total. The van der Waals surface area contributed by atoms with E-state index in [1.807, 2.05) is 0 Å². The van der Waals surface area contributed by atoms with Gasteiger partial charge in [-0.1, -0.05) is 23.7 Å². The lowest BCUT2D eigenvalue weighted by atomic mass is 10.1. The maximum Gasteiger partial charge on any atom is 0.417 e. The Kier molecular flexibility index (Phi) is 4.13. The first-order chi connectivity index (χ1) is 9.77. The molecule has 0 saturated heterocycles. The Labute approximate surface area is 123 Å². The molecule has 21 heavy (non-hydrogen) atoms. The average Bonchev–Trinajstić information content (AvgIpc) is 2.36. The van der Waals surface area contributed by atoms with Gasteiger partial charge >= 0.3 is 6.18 Å². The van der Waals surface area contributed by atoms with Gasteiger partial charge < -0.3 is 0 Å². The monoisotopic (exact) mass is 315 g/mol. The molecule has 2 rings (SSSR count). The molecule has 1 amide bonds. The standard InChI is InChI=1S/C13H9ClF3N3O/c1-7-6-10(14)19-12(18-7)20-11(21)8-4-2-3-5-9(8)13(15,16)17/h2-6H,1H3,(H,18,19,20,21). The van der Waals surface area contributed by atoms with Crippen molar-refractivity contribution in [2.75, 3.05) is 5.32 Å². The number of nitrogens with zero attached hydrogens (tertiary/aromatic N) is 2. The van der Waals surface area contributed by atoms with Gasteiger partial charge in [-0.2, -0.15) is 13.2 Å². The second-order valence-electron chi connectivity index (χ2n) is 4.15. The van der Waals surface area contributed by atoms with Crippen LogP contribution in [-0.4, -0.2) is 15.9 Å². The van der Waals surface area contributed by atoms with Gasteiger partial charge in [-0.15, -0.1) is 0 Å². The number of aryl methyl sites for hydroxylation is 1. The Morgan fingerprint density at radius 3 is 2.52 bits per heavy atom. The topological polar surface area (TPSA) is 54.9 Å². The number of anilines is 1. The van der Waals surface area contributed by atoms with Crippen molar-refractivity contribution < 1.29 is 18.0 Å². The molecule has 8 heteroatoms. The van der Waals surface area contributed by atoms with Crippen LogP contribution >= 0.6 is 11.6 Å². The van der Waals surface area contributed by atoms with Crippen molar-refractivity contribution in [1.29, 1.82) is 0 Å². The first-order valence-corrected chi connectivity index (χ1v) is 6.14. The van der Waals surface area contributed by atoms with Crippen LogP contribution in [0.1, 0.15) is 21.6 Å². The highest BCUT2D eigenvalue weighted by molar-refractivity contribution is 6.29. The van der Waals surface area contributed by atoms with Crippen LogP contribution in [0.15, 0.2) is 30.3 Å². The summed E-state index contributed by atoms with van der Waals surface area (Å²) in [4.78, 5) is 19.6. The van der Waals surface area contributed by atoms with Crippen LogP contribution in [0.3, 0.4) is 0 Å². The number of carbonyl (C=O) groups is 1.